The molecule has 0 radical (unpaired) electrons. The summed E-state index contributed by atoms with van der Waals surface area (Å²) in [5.41, 5.74) is -2.29. The van der Waals surface area contributed by atoms with Gasteiger partial charge >= 0.3 is 6.18 Å². The van der Waals surface area contributed by atoms with Gasteiger partial charge in [-0.3, -0.25) is 9.59 Å². The van der Waals surface area contributed by atoms with Crippen molar-refractivity contribution in [3.8, 4) is 0 Å². The number of piperidine rings is 2. The number of aldehydes is 1. The zero-order valence-electron chi connectivity index (χ0n) is 19.9. The number of benzene rings is 2. The zero-order chi connectivity index (χ0) is 25.9. The molecule has 0 bridgehead atoms. The molecule has 2 heterocycles. The van der Waals surface area contributed by atoms with Gasteiger partial charge in [0.25, 0.3) is 11.5 Å². The summed E-state index contributed by atoms with van der Waals surface area (Å²) in [4.78, 5) is 27.3. The quantitative estimate of drug-likeness (QED) is 0.465. The van der Waals surface area contributed by atoms with Crippen molar-refractivity contribution in [2.75, 3.05) is 31.1 Å². The smallest absolute Gasteiger partial charge is 0.372 e. The Morgan fingerprint density at radius 3 is 2.08 bits per heavy atom. The first-order valence-electron chi connectivity index (χ1n) is 12.3. The average molecular weight is 567 g/mol. The summed E-state index contributed by atoms with van der Waals surface area (Å²) < 4.78 is 42.3. The van der Waals surface area contributed by atoms with E-state index in [-0.39, 0.29) is 13.1 Å². The summed E-state index contributed by atoms with van der Waals surface area (Å²) in [5.74, 6) is -0.417. The van der Waals surface area contributed by atoms with E-state index < -0.39 is 23.2 Å². The highest BCUT2D eigenvalue weighted by Gasteiger charge is 2.62. The van der Waals surface area contributed by atoms with Crippen LogP contribution in [0.2, 0.25) is 0 Å². The summed E-state index contributed by atoms with van der Waals surface area (Å²) in [6.07, 6.45) is 0.0191. The van der Waals surface area contributed by atoms with Crippen molar-refractivity contribution >= 4 is 33.8 Å². The minimum atomic E-state index is -5.14. The van der Waals surface area contributed by atoms with E-state index in [2.05, 4.69) is 20.8 Å². The highest BCUT2D eigenvalue weighted by Crippen LogP contribution is 2.42. The first kappa shape index (κ1) is 26.7. The van der Waals surface area contributed by atoms with Crippen LogP contribution in [0.15, 0.2) is 53.0 Å². The lowest BCUT2D eigenvalue weighted by Crippen LogP contribution is -2.57. The van der Waals surface area contributed by atoms with Gasteiger partial charge in [0.05, 0.1) is 0 Å². The molecule has 1 amide bonds. The normalized spacial score (nSPS) is 19.7. The SMILES string of the molecule is O=Cc1ccc(N2CCC(CC3CCN(C(=O)[C@](O)(c4cccc(Br)c4)C(F)(F)F)CC3)CC2)cc1. The maximum absolute atomic E-state index is 14.0. The third-order valence-electron chi connectivity index (χ3n) is 7.54. The molecule has 0 aliphatic carbocycles. The first-order chi connectivity index (χ1) is 17.1. The number of amides is 1. The molecule has 194 valence electrons. The van der Waals surface area contributed by atoms with E-state index in [0.717, 1.165) is 61.4 Å². The highest BCUT2D eigenvalue weighted by molar-refractivity contribution is 9.10. The lowest BCUT2D eigenvalue weighted by molar-refractivity contribution is -0.262. The molecule has 2 aliphatic heterocycles. The number of nitrogens with zero attached hydrogens (tertiary/aromatic N) is 2. The minimum Gasteiger partial charge on any atom is -0.372 e. The number of alkyl halides is 3. The maximum atomic E-state index is 14.0. The third-order valence-corrected chi connectivity index (χ3v) is 8.03. The third kappa shape index (κ3) is 5.62. The lowest BCUT2D eigenvalue weighted by atomic mass is 9.82. The van der Waals surface area contributed by atoms with Gasteiger partial charge in [0.1, 0.15) is 6.29 Å². The summed E-state index contributed by atoms with van der Waals surface area (Å²) in [6, 6.07) is 12.8. The predicted octanol–water partition coefficient (Wildman–Crippen LogP) is 5.56. The van der Waals surface area contributed by atoms with Gasteiger partial charge in [-0.2, -0.15) is 13.2 Å². The Morgan fingerprint density at radius 1 is 0.972 bits per heavy atom. The van der Waals surface area contributed by atoms with Crippen LogP contribution in [0.4, 0.5) is 18.9 Å². The fraction of sp³-hybridized carbons (Fsp3) is 0.481. The molecule has 9 heteroatoms. The molecule has 0 unspecified atom stereocenters. The van der Waals surface area contributed by atoms with Crippen LogP contribution >= 0.6 is 15.9 Å². The number of carbonyl (C=O) groups excluding carboxylic acids is 2. The van der Waals surface area contributed by atoms with Gasteiger partial charge in [0.15, 0.2) is 0 Å². The molecule has 0 spiro atoms. The van der Waals surface area contributed by atoms with E-state index in [4.69, 9.17) is 0 Å². The number of aliphatic hydroxyl groups is 1. The fourth-order valence-electron chi connectivity index (χ4n) is 5.38. The highest BCUT2D eigenvalue weighted by atomic mass is 79.9. The van der Waals surface area contributed by atoms with E-state index >= 15 is 0 Å². The van der Waals surface area contributed by atoms with Crippen molar-refractivity contribution in [3.05, 3.63) is 64.1 Å². The van der Waals surface area contributed by atoms with Crippen LogP contribution in [0.1, 0.15) is 48.0 Å². The van der Waals surface area contributed by atoms with E-state index in [1.54, 1.807) is 6.07 Å². The first-order valence-corrected chi connectivity index (χ1v) is 13.1. The molecule has 36 heavy (non-hydrogen) atoms. The van der Waals surface area contributed by atoms with E-state index in [1.807, 2.05) is 24.3 Å². The van der Waals surface area contributed by atoms with Crippen LogP contribution in [0.25, 0.3) is 0 Å². The van der Waals surface area contributed by atoms with Crippen LogP contribution in [0, 0.1) is 11.8 Å². The molecule has 2 aliphatic rings. The van der Waals surface area contributed by atoms with Gasteiger partial charge in [-0.1, -0.05) is 28.1 Å². The van der Waals surface area contributed by atoms with Crippen molar-refractivity contribution in [3.63, 3.8) is 0 Å². The average Bonchev–Trinajstić information content (AvgIpc) is 2.88. The molecule has 2 aromatic rings. The number of halogens is 4. The maximum Gasteiger partial charge on any atom is 0.430 e. The van der Waals surface area contributed by atoms with Gasteiger partial charge in [-0.05, 0) is 80.3 Å². The van der Waals surface area contributed by atoms with Gasteiger partial charge < -0.3 is 14.9 Å². The number of rotatable bonds is 6. The van der Waals surface area contributed by atoms with Crippen LogP contribution in [0.3, 0.4) is 0 Å². The summed E-state index contributed by atoms with van der Waals surface area (Å²) >= 11 is 3.13. The van der Waals surface area contributed by atoms with Gasteiger partial charge in [0.2, 0.25) is 0 Å². The molecular weight excluding hydrogens is 537 g/mol. The number of carbonyl (C=O) groups is 2. The van der Waals surface area contributed by atoms with Crippen molar-refractivity contribution in [1.29, 1.82) is 0 Å². The van der Waals surface area contributed by atoms with Gasteiger partial charge in [0, 0.05) is 47.5 Å². The van der Waals surface area contributed by atoms with Crippen LogP contribution in [-0.4, -0.2) is 54.6 Å². The van der Waals surface area contributed by atoms with E-state index in [9.17, 15) is 27.9 Å². The molecule has 0 saturated carbocycles. The van der Waals surface area contributed by atoms with Crippen molar-refractivity contribution in [1.82, 2.24) is 4.90 Å². The largest absolute Gasteiger partial charge is 0.430 e. The Labute approximate surface area is 217 Å². The van der Waals surface area contributed by atoms with Crippen LogP contribution in [-0.2, 0) is 10.4 Å². The summed E-state index contributed by atoms with van der Waals surface area (Å²) in [7, 11) is 0. The Hall–Kier alpha value is -2.39. The van der Waals surface area contributed by atoms with Crippen LogP contribution < -0.4 is 4.90 Å². The van der Waals surface area contributed by atoms with Crippen molar-refractivity contribution < 1.29 is 27.9 Å². The van der Waals surface area contributed by atoms with Gasteiger partial charge in [-0.15, -0.1) is 0 Å². The Bertz CT molecular complexity index is 1060. The molecule has 2 fully saturated rings. The second-order valence-corrected chi connectivity index (χ2v) is 10.7. The topological polar surface area (TPSA) is 60.9 Å². The second kappa shape index (κ2) is 10.9. The van der Waals surface area contributed by atoms with E-state index in [1.165, 1.54) is 6.07 Å². The molecule has 2 aromatic carbocycles. The summed E-state index contributed by atoms with van der Waals surface area (Å²) in [6.45, 7) is 2.26. The molecule has 2 saturated heterocycles. The van der Waals surface area contributed by atoms with Crippen LogP contribution in [0.5, 0.6) is 0 Å². The lowest BCUT2D eigenvalue weighted by Gasteiger charge is -2.40. The number of likely N-dealkylation sites (tertiary alicyclic amines) is 1. The van der Waals surface area contributed by atoms with E-state index in [0.29, 0.717) is 34.7 Å². The molecular formula is C27H30BrF3N2O3. The Morgan fingerprint density at radius 2 is 1.56 bits per heavy atom. The number of hydrogen-bond acceptors (Lipinski definition) is 4. The van der Waals surface area contributed by atoms with Gasteiger partial charge in [-0.25, -0.2) is 0 Å². The number of anilines is 1. The predicted molar refractivity (Wildman–Crippen MR) is 135 cm³/mol. The minimum absolute atomic E-state index is 0.206. The van der Waals surface area contributed by atoms with Crippen molar-refractivity contribution in [2.24, 2.45) is 11.8 Å². The molecule has 4 rings (SSSR count). The standard InChI is InChI=1S/C27H30BrF3N2O3/c28-23-3-1-2-22(17-23)26(36,27(29,30)31)25(35)33-14-10-20(11-15-33)16-19-8-12-32(13-9-19)24-6-4-21(18-34)5-7-24/h1-7,17-20,36H,8-16H2/t26-/m1/s1. The molecule has 1 atom stereocenters. The fourth-order valence-corrected chi connectivity index (χ4v) is 5.78. The second-order valence-electron chi connectivity index (χ2n) is 9.83. The Kier molecular flexibility index (Phi) is 8.09. The molecule has 5 nitrogen and oxygen atoms in total. The summed E-state index contributed by atoms with van der Waals surface area (Å²) in [5, 5.41) is 10.7. The number of hydrogen-bond donors (Lipinski definition) is 1. The van der Waals surface area contributed by atoms with Crippen molar-refractivity contribution in [2.45, 2.75) is 43.9 Å². The molecule has 1 N–H and O–H groups in total. The monoisotopic (exact) mass is 566 g/mol. The molecule has 0 aromatic heterocycles. The Balaban J connectivity index is 1.31. The zero-order valence-corrected chi connectivity index (χ0v) is 21.5.